The van der Waals surface area contributed by atoms with Crippen molar-refractivity contribution in [3.05, 3.63) is 35.9 Å². The molecule has 1 aromatic carbocycles. The lowest BCUT2D eigenvalue weighted by Gasteiger charge is -2.60. The van der Waals surface area contributed by atoms with Crippen LogP contribution >= 0.6 is 0 Å². The normalized spacial score (nSPS) is 51.6. The van der Waals surface area contributed by atoms with Crippen LogP contribution in [-0.2, 0) is 19.2 Å². The lowest BCUT2D eigenvalue weighted by molar-refractivity contribution is -0.571. The summed E-state index contributed by atoms with van der Waals surface area (Å²) >= 11 is 0. The van der Waals surface area contributed by atoms with Crippen LogP contribution in [-0.4, -0.2) is 17.7 Å². The average molecular weight is 344 g/mol. The van der Waals surface area contributed by atoms with Gasteiger partial charge in [-0.15, -0.1) is 0 Å². The van der Waals surface area contributed by atoms with Gasteiger partial charge in [0.15, 0.2) is 11.9 Å². The van der Waals surface area contributed by atoms with Crippen LogP contribution < -0.4 is 0 Å². The summed E-state index contributed by atoms with van der Waals surface area (Å²) in [5.41, 5.74) is 0.771. The Bertz CT molecular complexity index is 649. The van der Waals surface area contributed by atoms with E-state index in [0.29, 0.717) is 23.7 Å². The predicted molar refractivity (Wildman–Crippen MR) is 92.2 cm³/mol. The van der Waals surface area contributed by atoms with Gasteiger partial charge in [-0.25, -0.2) is 9.78 Å². The zero-order chi connectivity index (χ0) is 17.2. The molecule has 0 N–H and O–H groups in total. The van der Waals surface area contributed by atoms with Gasteiger partial charge < -0.3 is 9.47 Å². The highest BCUT2D eigenvalue weighted by Crippen LogP contribution is 2.62. The highest BCUT2D eigenvalue weighted by molar-refractivity contribution is 5.21. The van der Waals surface area contributed by atoms with Gasteiger partial charge in [0.25, 0.3) is 0 Å². The second-order valence-corrected chi connectivity index (χ2v) is 8.74. The van der Waals surface area contributed by atoms with Crippen LogP contribution in [0.4, 0.5) is 0 Å². The van der Waals surface area contributed by atoms with Gasteiger partial charge in [-0.05, 0) is 49.5 Å². The molecule has 4 heterocycles. The summed E-state index contributed by atoms with van der Waals surface area (Å²) in [5, 5.41) is 0. The van der Waals surface area contributed by atoms with Crippen LogP contribution in [0, 0.1) is 23.7 Å². The Hall–Kier alpha value is -0.940. The third kappa shape index (κ3) is 2.21. The van der Waals surface area contributed by atoms with Crippen LogP contribution in [0.1, 0.15) is 58.1 Å². The summed E-state index contributed by atoms with van der Waals surface area (Å²) in [6, 6.07) is 10.6. The van der Waals surface area contributed by atoms with Crippen LogP contribution in [0.2, 0.25) is 0 Å². The van der Waals surface area contributed by atoms with Crippen molar-refractivity contribution in [2.45, 2.75) is 70.2 Å². The van der Waals surface area contributed by atoms with Crippen LogP contribution in [0.5, 0.6) is 0 Å². The monoisotopic (exact) mass is 344 g/mol. The van der Waals surface area contributed by atoms with E-state index in [-0.39, 0.29) is 12.4 Å². The van der Waals surface area contributed by atoms with Gasteiger partial charge in [0.2, 0.25) is 5.79 Å². The summed E-state index contributed by atoms with van der Waals surface area (Å²) in [4.78, 5) is 12.1. The third-order valence-electron chi connectivity index (χ3n) is 7.29. The van der Waals surface area contributed by atoms with E-state index in [0.717, 1.165) is 19.3 Å². The molecular formula is C21H28O4. The molecule has 4 heteroatoms. The smallest absolute Gasteiger partial charge is 0.201 e. The molecule has 4 aliphatic heterocycles. The molecule has 1 aromatic rings. The zero-order valence-corrected chi connectivity index (χ0v) is 15.3. The van der Waals surface area contributed by atoms with Gasteiger partial charge in [0.1, 0.15) is 0 Å². The molecule has 1 saturated carbocycles. The Morgan fingerprint density at radius 3 is 2.56 bits per heavy atom. The SMILES string of the molecule is C[C@@H]1[C@@H](c2ccccc2)O[C@@H]2O[C@@]3(C)CC[C@H]4[C@@H](C)CC[C@@H]1[C@@]24OO3. The van der Waals surface area contributed by atoms with E-state index in [9.17, 15) is 0 Å². The Labute approximate surface area is 149 Å². The number of benzene rings is 1. The minimum atomic E-state index is -0.695. The minimum Gasteiger partial charge on any atom is -0.341 e. The molecule has 5 fully saturated rings. The molecule has 136 valence electrons. The third-order valence-corrected chi connectivity index (χ3v) is 7.29. The first kappa shape index (κ1) is 16.2. The summed E-state index contributed by atoms with van der Waals surface area (Å²) in [7, 11) is 0. The topological polar surface area (TPSA) is 36.9 Å². The molecule has 0 amide bonds. The number of fused-ring (bicyclic) bond motifs is 2. The van der Waals surface area contributed by atoms with Crippen molar-refractivity contribution >= 4 is 0 Å². The van der Waals surface area contributed by atoms with Gasteiger partial charge in [0, 0.05) is 12.3 Å². The van der Waals surface area contributed by atoms with Crippen molar-refractivity contribution in [2.24, 2.45) is 23.7 Å². The molecule has 0 radical (unpaired) electrons. The first-order valence-electron chi connectivity index (χ1n) is 9.78. The van der Waals surface area contributed by atoms with Gasteiger partial charge in [-0.3, -0.25) is 0 Å². The molecule has 0 aromatic heterocycles. The molecule has 6 rings (SSSR count). The highest BCUT2D eigenvalue weighted by atomic mass is 17.3. The molecule has 8 atom stereocenters. The predicted octanol–water partition coefficient (Wildman–Crippen LogP) is 4.61. The molecule has 4 saturated heterocycles. The summed E-state index contributed by atoms with van der Waals surface area (Å²) in [5.74, 6) is 1.10. The Morgan fingerprint density at radius 1 is 0.960 bits per heavy atom. The molecule has 0 unspecified atom stereocenters. The number of hydrogen-bond donors (Lipinski definition) is 0. The van der Waals surface area contributed by atoms with Crippen molar-refractivity contribution in [1.82, 2.24) is 0 Å². The number of ether oxygens (including phenoxy) is 2. The quantitative estimate of drug-likeness (QED) is 0.697. The van der Waals surface area contributed by atoms with Gasteiger partial charge in [-0.2, -0.15) is 0 Å². The maximum atomic E-state index is 6.62. The van der Waals surface area contributed by atoms with Gasteiger partial charge >= 0.3 is 0 Å². The Balaban J connectivity index is 1.59. The fourth-order valence-electron chi connectivity index (χ4n) is 5.93. The fraction of sp³-hybridized carbons (Fsp3) is 0.714. The molecular weight excluding hydrogens is 316 g/mol. The van der Waals surface area contributed by atoms with E-state index in [1.165, 1.54) is 12.0 Å². The Kier molecular flexibility index (Phi) is 3.59. The minimum absolute atomic E-state index is 0.0439. The van der Waals surface area contributed by atoms with Crippen molar-refractivity contribution in [3.63, 3.8) is 0 Å². The fourth-order valence-corrected chi connectivity index (χ4v) is 5.93. The summed E-state index contributed by atoms with van der Waals surface area (Å²) in [6.45, 7) is 6.64. The first-order chi connectivity index (χ1) is 12.0. The van der Waals surface area contributed by atoms with E-state index >= 15 is 0 Å². The van der Waals surface area contributed by atoms with Crippen molar-refractivity contribution in [3.8, 4) is 0 Å². The summed E-state index contributed by atoms with van der Waals surface area (Å²) in [6.07, 6.45) is 4.02. The number of rotatable bonds is 1. The first-order valence-corrected chi connectivity index (χ1v) is 9.78. The Morgan fingerprint density at radius 2 is 1.76 bits per heavy atom. The van der Waals surface area contributed by atoms with Crippen LogP contribution in [0.25, 0.3) is 0 Å². The molecule has 1 spiro atoms. The second kappa shape index (κ2) is 5.53. The van der Waals surface area contributed by atoms with E-state index in [1.807, 2.05) is 6.92 Å². The van der Waals surface area contributed by atoms with E-state index in [2.05, 4.69) is 44.2 Å². The van der Waals surface area contributed by atoms with Crippen LogP contribution in [0.3, 0.4) is 0 Å². The molecule has 4 nitrogen and oxygen atoms in total. The zero-order valence-electron chi connectivity index (χ0n) is 15.3. The highest BCUT2D eigenvalue weighted by Gasteiger charge is 2.69. The lowest BCUT2D eigenvalue weighted by atomic mass is 9.57. The lowest BCUT2D eigenvalue weighted by Crippen LogP contribution is -2.69. The van der Waals surface area contributed by atoms with Crippen molar-refractivity contribution in [2.75, 3.05) is 0 Å². The molecule has 1 aliphatic carbocycles. The maximum Gasteiger partial charge on any atom is 0.201 e. The number of hydrogen-bond acceptors (Lipinski definition) is 4. The van der Waals surface area contributed by atoms with Gasteiger partial charge in [-0.1, -0.05) is 44.2 Å². The van der Waals surface area contributed by atoms with Crippen LogP contribution in [0.15, 0.2) is 30.3 Å². The van der Waals surface area contributed by atoms with E-state index < -0.39 is 11.4 Å². The van der Waals surface area contributed by atoms with E-state index in [1.54, 1.807) is 0 Å². The molecule has 5 aliphatic rings. The standard InChI is InChI=1S/C21H28O4/c1-13-9-10-17-14(2)18(15-7-5-4-6-8-15)22-19-21(17)16(13)11-12-20(3,23-19)24-25-21/h4-8,13-14,16-19H,9-12H2,1-3H3/t13-,14-,16-,17-,18-,19+,20+,21+/m0/s1. The second-order valence-electron chi connectivity index (χ2n) is 8.74. The maximum absolute atomic E-state index is 6.62. The summed E-state index contributed by atoms with van der Waals surface area (Å²) < 4.78 is 13.0. The molecule has 2 bridgehead atoms. The molecule has 25 heavy (non-hydrogen) atoms. The largest absolute Gasteiger partial charge is 0.341 e. The van der Waals surface area contributed by atoms with Crippen molar-refractivity contribution in [1.29, 1.82) is 0 Å². The average Bonchev–Trinajstić information content (AvgIpc) is 2.85. The van der Waals surface area contributed by atoms with Gasteiger partial charge in [0.05, 0.1) is 6.10 Å². The van der Waals surface area contributed by atoms with E-state index in [4.69, 9.17) is 19.2 Å². The van der Waals surface area contributed by atoms with Crippen molar-refractivity contribution < 1.29 is 19.2 Å².